The first kappa shape index (κ1) is 9.54. The van der Waals surface area contributed by atoms with Gasteiger partial charge in [-0.2, -0.15) is 5.10 Å². The van der Waals surface area contributed by atoms with E-state index in [1.807, 2.05) is 18.2 Å². The smallest absolute Gasteiger partial charge is 0.167 e. The fourth-order valence-electron chi connectivity index (χ4n) is 2.21. The van der Waals surface area contributed by atoms with Gasteiger partial charge in [0.15, 0.2) is 5.78 Å². The van der Waals surface area contributed by atoms with E-state index >= 15 is 0 Å². The van der Waals surface area contributed by atoms with Crippen LogP contribution in [0.15, 0.2) is 24.4 Å². The first-order valence-electron chi connectivity index (χ1n) is 5.52. The molecule has 4 nitrogen and oxygen atoms in total. The molecule has 82 valence electrons. The Morgan fingerprint density at radius 2 is 2.38 bits per heavy atom. The second kappa shape index (κ2) is 3.72. The van der Waals surface area contributed by atoms with E-state index in [2.05, 4.69) is 15.5 Å². The fourth-order valence-corrected chi connectivity index (χ4v) is 2.21. The van der Waals surface area contributed by atoms with E-state index in [0.717, 1.165) is 36.0 Å². The quantitative estimate of drug-likeness (QED) is 0.743. The van der Waals surface area contributed by atoms with Crippen molar-refractivity contribution in [3.05, 3.63) is 30.0 Å². The Morgan fingerprint density at radius 1 is 1.44 bits per heavy atom. The Kier molecular flexibility index (Phi) is 2.22. The maximum absolute atomic E-state index is 12.1. The molecule has 1 atom stereocenters. The van der Waals surface area contributed by atoms with Gasteiger partial charge in [-0.3, -0.25) is 9.89 Å². The Bertz CT molecular complexity index is 526. The molecule has 4 heteroatoms. The average Bonchev–Trinajstić information content (AvgIpc) is 2.98. The summed E-state index contributed by atoms with van der Waals surface area (Å²) >= 11 is 0. The van der Waals surface area contributed by atoms with E-state index in [1.165, 1.54) is 0 Å². The Labute approximate surface area is 93.0 Å². The highest BCUT2D eigenvalue weighted by molar-refractivity contribution is 6.01. The lowest BCUT2D eigenvalue weighted by Gasteiger charge is -2.06. The third-order valence-corrected chi connectivity index (χ3v) is 3.16. The molecular formula is C12H13N3O. The Balaban J connectivity index is 1.95. The van der Waals surface area contributed by atoms with Gasteiger partial charge >= 0.3 is 0 Å². The van der Waals surface area contributed by atoms with Crippen molar-refractivity contribution in [1.29, 1.82) is 0 Å². The number of H-pyrrole nitrogens is 1. The number of aromatic nitrogens is 2. The summed E-state index contributed by atoms with van der Waals surface area (Å²) in [5.74, 6) is 0.387. The molecule has 1 aliphatic rings. The van der Waals surface area contributed by atoms with Gasteiger partial charge in [-0.25, -0.2) is 0 Å². The number of hydrogen-bond donors (Lipinski definition) is 2. The molecule has 1 fully saturated rings. The van der Waals surface area contributed by atoms with Crippen molar-refractivity contribution in [1.82, 2.24) is 15.5 Å². The zero-order chi connectivity index (χ0) is 11.0. The van der Waals surface area contributed by atoms with Crippen LogP contribution in [0.2, 0.25) is 0 Å². The first-order chi connectivity index (χ1) is 7.84. The number of benzene rings is 1. The van der Waals surface area contributed by atoms with Crippen LogP contribution in [0.3, 0.4) is 0 Å². The molecule has 2 N–H and O–H groups in total. The highest BCUT2D eigenvalue weighted by atomic mass is 16.1. The van der Waals surface area contributed by atoms with Crippen LogP contribution in [-0.4, -0.2) is 29.1 Å². The molecule has 1 unspecified atom stereocenters. The minimum Gasteiger partial charge on any atom is -0.316 e. The maximum atomic E-state index is 12.1. The summed E-state index contributed by atoms with van der Waals surface area (Å²) in [7, 11) is 0. The summed E-state index contributed by atoms with van der Waals surface area (Å²) < 4.78 is 0. The zero-order valence-corrected chi connectivity index (χ0v) is 8.86. The molecule has 0 saturated carbocycles. The van der Waals surface area contributed by atoms with Gasteiger partial charge in [-0.15, -0.1) is 0 Å². The molecule has 2 heterocycles. The molecule has 0 aliphatic carbocycles. The molecule has 0 spiro atoms. The molecule has 2 aromatic rings. The number of hydrogen-bond acceptors (Lipinski definition) is 3. The molecule has 0 radical (unpaired) electrons. The molecule has 1 saturated heterocycles. The summed E-state index contributed by atoms with van der Waals surface area (Å²) in [6.45, 7) is 1.76. The predicted molar refractivity (Wildman–Crippen MR) is 61.4 cm³/mol. The topological polar surface area (TPSA) is 57.8 Å². The number of aromatic amines is 1. The highest BCUT2D eigenvalue weighted by Gasteiger charge is 2.23. The second-order valence-corrected chi connectivity index (χ2v) is 4.23. The zero-order valence-electron chi connectivity index (χ0n) is 8.86. The summed E-state index contributed by atoms with van der Waals surface area (Å²) in [5.41, 5.74) is 1.77. The maximum Gasteiger partial charge on any atom is 0.167 e. The van der Waals surface area contributed by atoms with E-state index in [1.54, 1.807) is 6.20 Å². The molecular weight excluding hydrogens is 202 g/mol. The third kappa shape index (κ3) is 1.51. The van der Waals surface area contributed by atoms with E-state index < -0.39 is 0 Å². The number of Topliss-reactive ketones (excluding diaryl/α,β-unsaturated/α-hetero) is 1. The number of carbonyl (C=O) groups excluding carboxylic acids is 1. The summed E-state index contributed by atoms with van der Waals surface area (Å²) in [5, 5.41) is 11.0. The van der Waals surface area contributed by atoms with Crippen LogP contribution in [0.4, 0.5) is 0 Å². The van der Waals surface area contributed by atoms with Crippen molar-refractivity contribution < 1.29 is 4.79 Å². The molecule has 1 aliphatic heterocycles. The lowest BCUT2D eigenvalue weighted by atomic mass is 9.96. The van der Waals surface area contributed by atoms with Crippen molar-refractivity contribution in [3.63, 3.8) is 0 Å². The normalized spacial score (nSPS) is 20.4. The summed E-state index contributed by atoms with van der Waals surface area (Å²) in [4.78, 5) is 12.1. The number of rotatable bonds is 2. The number of carbonyl (C=O) groups is 1. The van der Waals surface area contributed by atoms with E-state index in [4.69, 9.17) is 0 Å². The third-order valence-electron chi connectivity index (χ3n) is 3.16. The van der Waals surface area contributed by atoms with Crippen molar-refractivity contribution in [2.45, 2.75) is 6.42 Å². The fraction of sp³-hybridized carbons (Fsp3) is 0.333. The van der Waals surface area contributed by atoms with Gasteiger partial charge in [0.2, 0.25) is 0 Å². The van der Waals surface area contributed by atoms with Crippen LogP contribution in [0.25, 0.3) is 10.9 Å². The lowest BCUT2D eigenvalue weighted by Crippen LogP contribution is -2.17. The van der Waals surface area contributed by atoms with Gasteiger partial charge in [-0.1, -0.05) is 0 Å². The monoisotopic (exact) mass is 215 g/mol. The van der Waals surface area contributed by atoms with Crippen molar-refractivity contribution >= 4 is 16.7 Å². The molecule has 3 rings (SSSR count). The van der Waals surface area contributed by atoms with Crippen molar-refractivity contribution in [2.24, 2.45) is 5.92 Å². The summed E-state index contributed by atoms with van der Waals surface area (Å²) in [6, 6.07) is 5.71. The molecule has 0 bridgehead atoms. The molecule has 16 heavy (non-hydrogen) atoms. The van der Waals surface area contributed by atoms with E-state index in [-0.39, 0.29) is 11.7 Å². The van der Waals surface area contributed by atoms with Gasteiger partial charge in [0.25, 0.3) is 0 Å². The first-order valence-corrected chi connectivity index (χ1v) is 5.52. The van der Waals surface area contributed by atoms with E-state index in [9.17, 15) is 4.79 Å². The molecule has 1 aromatic heterocycles. The van der Waals surface area contributed by atoms with Crippen LogP contribution in [0.1, 0.15) is 16.8 Å². The minimum atomic E-state index is 0.143. The minimum absolute atomic E-state index is 0.143. The number of nitrogens with zero attached hydrogens (tertiary/aromatic N) is 1. The molecule has 0 amide bonds. The van der Waals surface area contributed by atoms with Gasteiger partial charge in [0, 0.05) is 23.4 Å². The Morgan fingerprint density at radius 3 is 3.19 bits per heavy atom. The number of fused-ring (bicyclic) bond motifs is 1. The van der Waals surface area contributed by atoms with E-state index in [0.29, 0.717) is 0 Å². The van der Waals surface area contributed by atoms with Gasteiger partial charge < -0.3 is 5.32 Å². The highest BCUT2D eigenvalue weighted by Crippen LogP contribution is 2.19. The van der Waals surface area contributed by atoms with Crippen LogP contribution in [0, 0.1) is 5.92 Å². The van der Waals surface area contributed by atoms with Crippen molar-refractivity contribution in [2.75, 3.05) is 13.1 Å². The predicted octanol–water partition coefficient (Wildman–Crippen LogP) is 1.36. The lowest BCUT2D eigenvalue weighted by molar-refractivity contribution is 0.0930. The second-order valence-electron chi connectivity index (χ2n) is 4.23. The van der Waals surface area contributed by atoms with Crippen LogP contribution in [-0.2, 0) is 0 Å². The Hall–Kier alpha value is -1.68. The number of ketones is 1. The van der Waals surface area contributed by atoms with Gasteiger partial charge in [0.05, 0.1) is 11.7 Å². The SMILES string of the molecule is O=C(c1ccc2[nH]ncc2c1)C1CCNC1. The van der Waals surface area contributed by atoms with Gasteiger partial charge in [-0.05, 0) is 31.2 Å². The van der Waals surface area contributed by atoms with Crippen molar-refractivity contribution in [3.8, 4) is 0 Å². The van der Waals surface area contributed by atoms with Gasteiger partial charge in [0.1, 0.15) is 0 Å². The standard InChI is InChI=1S/C12H13N3O/c16-12(9-3-4-13-6-9)8-1-2-11-10(5-8)7-14-15-11/h1-2,5,7,9,13H,3-4,6H2,(H,14,15). The average molecular weight is 215 g/mol. The summed E-state index contributed by atoms with van der Waals surface area (Å²) in [6.07, 6.45) is 2.70. The van der Waals surface area contributed by atoms with Crippen LogP contribution >= 0.6 is 0 Å². The van der Waals surface area contributed by atoms with Crippen LogP contribution < -0.4 is 5.32 Å². The number of nitrogens with one attached hydrogen (secondary N) is 2. The largest absolute Gasteiger partial charge is 0.316 e. The molecule has 1 aromatic carbocycles. The van der Waals surface area contributed by atoms with Crippen LogP contribution in [0.5, 0.6) is 0 Å².